The summed E-state index contributed by atoms with van der Waals surface area (Å²) in [7, 11) is 0. The first-order valence-corrected chi connectivity index (χ1v) is 4.15. The van der Waals surface area contributed by atoms with Gasteiger partial charge in [-0.3, -0.25) is 0 Å². The SMILES string of the molecule is CC#CCC(O)[C@@H]1CCCN1. The van der Waals surface area contributed by atoms with Crippen LogP contribution in [0.15, 0.2) is 0 Å². The Hall–Kier alpha value is -0.520. The summed E-state index contributed by atoms with van der Waals surface area (Å²) in [5.74, 6) is 5.67. The molecule has 0 aromatic rings. The van der Waals surface area contributed by atoms with Crippen LogP contribution in [0.5, 0.6) is 0 Å². The van der Waals surface area contributed by atoms with Crippen molar-refractivity contribution < 1.29 is 5.11 Å². The Labute approximate surface area is 68.0 Å². The molecule has 1 rings (SSSR count). The molecule has 2 nitrogen and oxygen atoms in total. The highest BCUT2D eigenvalue weighted by atomic mass is 16.3. The van der Waals surface area contributed by atoms with Gasteiger partial charge in [0.2, 0.25) is 0 Å². The van der Waals surface area contributed by atoms with E-state index in [4.69, 9.17) is 0 Å². The van der Waals surface area contributed by atoms with Gasteiger partial charge in [-0.2, -0.15) is 0 Å². The van der Waals surface area contributed by atoms with Crippen LogP contribution in [-0.2, 0) is 0 Å². The molecule has 1 aliphatic heterocycles. The van der Waals surface area contributed by atoms with Gasteiger partial charge in [0.1, 0.15) is 0 Å². The van der Waals surface area contributed by atoms with Gasteiger partial charge in [-0.15, -0.1) is 11.8 Å². The summed E-state index contributed by atoms with van der Waals surface area (Å²) < 4.78 is 0. The topological polar surface area (TPSA) is 32.3 Å². The molecule has 1 saturated heterocycles. The Kier molecular flexibility index (Phi) is 3.41. The number of rotatable bonds is 2. The molecule has 0 amide bonds. The van der Waals surface area contributed by atoms with Gasteiger partial charge >= 0.3 is 0 Å². The maximum atomic E-state index is 9.52. The lowest BCUT2D eigenvalue weighted by Crippen LogP contribution is -2.34. The molecule has 0 saturated carbocycles. The summed E-state index contributed by atoms with van der Waals surface area (Å²) >= 11 is 0. The highest BCUT2D eigenvalue weighted by Crippen LogP contribution is 2.10. The highest BCUT2D eigenvalue weighted by Gasteiger charge is 2.21. The molecule has 0 bridgehead atoms. The third-order valence-corrected chi connectivity index (χ3v) is 2.05. The summed E-state index contributed by atoms with van der Waals surface area (Å²) in [6.45, 7) is 2.84. The van der Waals surface area contributed by atoms with Crippen molar-refractivity contribution in [3.8, 4) is 11.8 Å². The standard InChI is InChI=1S/C9H15NO/c1-2-3-6-9(11)8-5-4-7-10-8/h8-11H,4-7H2,1H3/t8-,9?/m0/s1. The van der Waals surface area contributed by atoms with E-state index in [0.717, 1.165) is 13.0 Å². The van der Waals surface area contributed by atoms with Gasteiger partial charge in [-0.05, 0) is 26.3 Å². The zero-order valence-electron chi connectivity index (χ0n) is 6.93. The minimum Gasteiger partial charge on any atom is -0.391 e. The van der Waals surface area contributed by atoms with Crippen LogP contribution in [0.25, 0.3) is 0 Å². The van der Waals surface area contributed by atoms with Gasteiger partial charge in [-0.25, -0.2) is 0 Å². The van der Waals surface area contributed by atoms with E-state index in [9.17, 15) is 5.11 Å². The summed E-state index contributed by atoms with van der Waals surface area (Å²) in [4.78, 5) is 0. The summed E-state index contributed by atoms with van der Waals surface area (Å²) in [6.07, 6.45) is 2.60. The predicted octanol–water partition coefficient (Wildman–Crippen LogP) is 0.513. The average molecular weight is 153 g/mol. The lowest BCUT2D eigenvalue weighted by molar-refractivity contribution is 0.141. The van der Waals surface area contributed by atoms with E-state index >= 15 is 0 Å². The largest absolute Gasteiger partial charge is 0.391 e. The first kappa shape index (κ1) is 8.58. The van der Waals surface area contributed by atoms with Crippen molar-refractivity contribution in [1.82, 2.24) is 5.32 Å². The molecule has 2 atom stereocenters. The quantitative estimate of drug-likeness (QED) is 0.567. The molecule has 2 N–H and O–H groups in total. The lowest BCUT2D eigenvalue weighted by Gasteiger charge is -2.14. The Morgan fingerprint density at radius 2 is 2.55 bits per heavy atom. The minimum atomic E-state index is -0.273. The summed E-state index contributed by atoms with van der Waals surface area (Å²) in [5.41, 5.74) is 0. The normalized spacial score (nSPS) is 25.8. The number of nitrogens with one attached hydrogen (secondary N) is 1. The van der Waals surface area contributed by atoms with Crippen molar-refractivity contribution in [1.29, 1.82) is 0 Å². The Bertz CT molecular complexity index is 162. The summed E-state index contributed by atoms with van der Waals surface area (Å²) in [6, 6.07) is 0.288. The van der Waals surface area contributed by atoms with Crippen LogP contribution >= 0.6 is 0 Å². The second-order valence-corrected chi connectivity index (χ2v) is 2.90. The molecule has 1 fully saturated rings. The number of aliphatic hydroxyl groups is 1. The van der Waals surface area contributed by atoms with Crippen LogP contribution in [0.2, 0.25) is 0 Å². The Morgan fingerprint density at radius 3 is 3.09 bits per heavy atom. The van der Waals surface area contributed by atoms with E-state index in [2.05, 4.69) is 17.2 Å². The van der Waals surface area contributed by atoms with E-state index in [-0.39, 0.29) is 12.1 Å². The molecule has 0 spiro atoms. The van der Waals surface area contributed by atoms with Crippen molar-refractivity contribution in [2.45, 2.75) is 38.3 Å². The van der Waals surface area contributed by atoms with Crippen LogP contribution in [0.3, 0.4) is 0 Å². The van der Waals surface area contributed by atoms with E-state index in [0.29, 0.717) is 6.42 Å². The molecule has 0 aromatic carbocycles. The van der Waals surface area contributed by atoms with Crippen molar-refractivity contribution in [2.75, 3.05) is 6.54 Å². The first-order valence-electron chi connectivity index (χ1n) is 4.15. The third-order valence-electron chi connectivity index (χ3n) is 2.05. The maximum absolute atomic E-state index is 9.52. The van der Waals surface area contributed by atoms with Crippen LogP contribution in [-0.4, -0.2) is 23.8 Å². The second kappa shape index (κ2) is 4.38. The fourth-order valence-corrected chi connectivity index (χ4v) is 1.39. The smallest absolute Gasteiger partial charge is 0.0802 e. The molecule has 0 aromatic heterocycles. The number of hydrogen-bond donors (Lipinski definition) is 2. The van der Waals surface area contributed by atoms with Crippen molar-refractivity contribution in [3.05, 3.63) is 0 Å². The van der Waals surface area contributed by atoms with Gasteiger partial charge in [0.05, 0.1) is 6.10 Å². The molecule has 2 heteroatoms. The molecular weight excluding hydrogens is 138 g/mol. The van der Waals surface area contributed by atoms with Gasteiger partial charge < -0.3 is 10.4 Å². The zero-order valence-corrected chi connectivity index (χ0v) is 6.93. The van der Waals surface area contributed by atoms with Gasteiger partial charge in [-0.1, -0.05) is 0 Å². The van der Waals surface area contributed by atoms with Gasteiger partial charge in [0.15, 0.2) is 0 Å². The van der Waals surface area contributed by atoms with Crippen LogP contribution in [0, 0.1) is 11.8 Å². The first-order chi connectivity index (χ1) is 5.34. The average Bonchev–Trinajstić information content (AvgIpc) is 2.52. The monoisotopic (exact) mass is 153 g/mol. The van der Waals surface area contributed by atoms with Crippen LogP contribution in [0.1, 0.15) is 26.2 Å². The zero-order chi connectivity index (χ0) is 8.10. The van der Waals surface area contributed by atoms with Crippen molar-refractivity contribution in [3.63, 3.8) is 0 Å². The molecule has 0 aliphatic carbocycles. The third kappa shape index (κ3) is 2.53. The minimum absolute atomic E-state index is 0.273. The molecule has 62 valence electrons. The molecular formula is C9H15NO. The van der Waals surface area contributed by atoms with E-state index < -0.39 is 0 Å². The van der Waals surface area contributed by atoms with Crippen molar-refractivity contribution in [2.24, 2.45) is 0 Å². The van der Waals surface area contributed by atoms with Gasteiger partial charge in [0, 0.05) is 12.5 Å². The summed E-state index contributed by atoms with van der Waals surface area (Å²) in [5, 5.41) is 12.8. The predicted molar refractivity (Wildman–Crippen MR) is 45.1 cm³/mol. The number of aliphatic hydroxyl groups excluding tert-OH is 1. The highest BCUT2D eigenvalue weighted by molar-refractivity contribution is 4.99. The van der Waals surface area contributed by atoms with E-state index in [1.807, 2.05) is 0 Å². The number of hydrogen-bond acceptors (Lipinski definition) is 2. The Balaban J connectivity index is 2.26. The van der Waals surface area contributed by atoms with Crippen LogP contribution < -0.4 is 5.32 Å². The molecule has 11 heavy (non-hydrogen) atoms. The fourth-order valence-electron chi connectivity index (χ4n) is 1.39. The van der Waals surface area contributed by atoms with E-state index in [1.54, 1.807) is 6.92 Å². The van der Waals surface area contributed by atoms with Crippen molar-refractivity contribution >= 4 is 0 Å². The molecule has 0 radical (unpaired) electrons. The van der Waals surface area contributed by atoms with Crippen LogP contribution in [0.4, 0.5) is 0 Å². The second-order valence-electron chi connectivity index (χ2n) is 2.90. The fraction of sp³-hybridized carbons (Fsp3) is 0.778. The molecule has 1 unspecified atom stereocenters. The van der Waals surface area contributed by atoms with Gasteiger partial charge in [0.25, 0.3) is 0 Å². The Morgan fingerprint density at radius 1 is 1.73 bits per heavy atom. The lowest BCUT2D eigenvalue weighted by atomic mass is 10.1. The molecule has 1 heterocycles. The molecule has 1 aliphatic rings. The van der Waals surface area contributed by atoms with E-state index in [1.165, 1.54) is 6.42 Å². The maximum Gasteiger partial charge on any atom is 0.0802 e.